The minimum absolute atomic E-state index is 0.0190. The molecule has 0 spiro atoms. The molecule has 0 bridgehead atoms. The van der Waals surface area contributed by atoms with Gasteiger partial charge in [-0.1, -0.05) is 25.0 Å². The van der Waals surface area contributed by atoms with E-state index in [-0.39, 0.29) is 11.9 Å². The molecule has 0 saturated carbocycles. The summed E-state index contributed by atoms with van der Waals surface area (Å²) in [4.78, 5) is 14.5. The smallest absolute Gasteiger partial charge is 0.237 e. The van der Waals surface area contributed by atoms with Crippen LogP contribution in [0.25, 0.3) is 0 Å². The van der Waals surface area contributed by atoms with Crippen LogP contribution in [0.1, 0.15) is 38.2 Å². The highest BCUT2D eigenvalue weighted by atomic mass is 16.2. The summed E-state index contributed by atoms with van der Waals surface area (Å²) in [5, 5.41) is 3.05. The first-order valence-electron chi connectivity index (χ1n) is 8.03. The molecule has 1 aliphatic rings. The van der Waals surface area contributed by atoms with Crippen LogP contribution in [0.3, 0.4) is 0 Å². The average Bonchev–Trinajstić information content (AvgIpc) is 2.77. The Kier molecular flexibility index (Phi) is 6.05. The van der Waals surface area contributed by atoms with Crippen molar-refractivity contribution in [3.8, 4) is 0 Å². The molecule has 1 fully saturated rings. The van der Waals surface area contributed by atoms with E-state index in [0.717, 1.165) is 25.2 Å². The zero-order valence-corrected chi connectivity index (χ0v) is 13.0. The van der Waals surface area contributed by atoms with Gasteiger partial charge in [0, 0.05) is 12.2 Å². The van der Waals surface area contributed by atoms with Crippen LogP contribution in [0.15, 0.2) is 24.3 Å². The van der Waals surface area contributed by atoms with Crippen molar-refractivity contribution in [3.05, 3.63) is 29.8 Å². The first-order chi connectivity index (χ1) is 10.2. The van der Waals surface area contributed by atoms with E-state index < -0.39 is 0 Å². The third kappa shape index (κ3) is 5.05. The quantitative estimate of drug-likeness (QED) is 0.817. The van der Waals surface area contributed by atoms with Crippen LogP contribution in [0.5, 0.6) is 0 Å². The Morgan fingerprint density at radius 3 is 2.43 bits per heavy atom. The number of rotatable bonds is 5. The molecule has 21 heavy (non-hydrogen) atoms. The summed E-state index contributed by atoms with van der Waals surface area (Å²) in [6.07, 6.45) is 5.86. The SMILES string of the molecule is CC(C(=O)NCCc1ccc(N)cc1)N1CCCCCC1. The van der Waals surface area contributed by atoms with Crippen LogP contribution in [-0.4, -0.2) is 36.5 Å². The molecule has 3 N–H and O–H groups in total. The molecule has 4 nitrogen and oxygen atoms in total. The van der Waals surface area contributed by atoms with Crippen molar-refractivity contribution < 1.29 is 4.79 Å². The van der Waals surface area contributed by atoms with E-state index >= 15 is 0 Å². The van der Waals surface area contributed by atoms with E-state index in [9.17, 15) is 4.79 Å². The number of amides is 1. The highest BCUT2D eigenvalue weighted by Crippen LogP contribution is 2.12. The number of nitrogens with zero attached hydrogens (tertiary/aromatic N) is 1. The number of nitrogens with one attached hydrogen (secondary N) is 1. The van der Waals surface area contributed by atoms with Gasteiger partial charge in [0.2, 0.25) is 5.91 Å². The molecule has 1 aromatic rings. The van der Waals surface area contributed by atoms with Crippen molar-refractivity contribution in [1.82, 2.24) is 10.2 Å². The van der Waals surface area contributed by atoms with Gasteiger partial charge >= 0.3 is 0 Å². The molecule has 0 aromatic heterocycles. The van der Waals surface area contributed by atoms with Gasteiger partial charge in [-0.15, -0.1) is 0 Å². The van der Waals surface area contributed by atoms with E-state index in [1.165, 1.54) is 31.2 Å². The molecule has 1 aliphatic heterocycles. The molecule has 1 unspecified atom stereocenters. The highest BCUT2D eigenvalue weighted by molar-refractivity contribution is 5.81. The Morgan fingerprint density at radius 2 is 1.81 bits per heavy atom. The van der Waals surface area contributed by atoms with Gasteiger partial charge in [-0.05, 0) is 57.0 Å². The van der Waals surface area contributed by atoms with Crippen LogP contribution in [-0.2, 0) is 11.2 Å². The van der Waals surface area contributed by atoms with Crippen LogP contribution in [0.4, 0.5) is 5.69 Å². The lowest BCUT2D eigenvalue weighted by Gasteiger charge is -2.26. The maximum absolute atomic E-state index is 12.2. The van der Waals surface area contributed by atoms with Crippen molar-refractivity contribution in [2.24, 2.45) is 0 Å². The van der Waals surface area contributed by atoms with Crippen molar-refractivity contribution in [2.45, 2.75) is 45.1 Å². The van der Waals surface area contributed by atoms with Crippen molar-refractivity contribution in [3.63, 3.8) is 0 Å². The lowest BCUT2D eigenvalue weighted by Crippen LogP contribution is -2.46. The molecular weight excluding hydrogens is 262 g/mol. The van der Waals surface area contributed by atoms with Crippen LogP contribution in [0.2, 0.25) is 0 Å². The Labute approximate surface area is 127 Å². The van der Waals surface area contributed by atoms with Gasteiger partial charge in [0.25, 0.3) is 0 Å². The standard InChI is InChI=1S/C17H27N3O/c1-14(20-12-4-2-3-5-13-20)17(21)19-11-10-15-6-8-16(18)9-7-15/h6-9,14H,2-5,10-13,18H2,1H3,(H,19,21). The van der Waals surface area contributed by atoms with E-state index in [0.29, 0.717) is 6.54 Å². The molecule has 1 atom stereocenters. The molecule has 0 aliphatic carbocycles. The average molecular weight is 289 g/mol. The van der Waals surface area contributed by atoms with Gasteiger partial charge in [-0.25, -0.2) is 0 Å². The monoisotopic (exact) mass is 289 g/mol. The number of hydrogen-bond acceptors (Lipinski definition) is 3. The molecule has 1 amide bonds. The Morgan fingerprint density at radius 1 is 1.19 bits per heavy atom. The zero-order valence-electron chi connectivity index (χ0n) is 13.0. The molecule has 0 radical (unpaired) electrons. The van der Waals surface area contributed by atoms with Gasteiger partial charge in [0.15, 0.2) is 0 Å². The largest absolute Gasteiger partial charge is 0.399 e. The lowest BCUT2D eigenvalue weighted by atomic mass is 10.1. The summed E-state index contributed by atoms with van der Waals surface area (Å²) in [7, 11) is 0. The molecule has 116 valence electrons. The van der Waals surface area contributed by atoms with E-state index in [4.69, 9.17) is 5.73 Å². The van der Waals surface area contributed by atoms with E-state index in [1.54, 1.807) is 0 Å². The summed E-state index contributed by atoms with van der Waals surface area (Å²) < 4.78 is 0. The molecule has 4 heteroatoms. The fourth-order valence-corrected chi connectivity index (χ4v) is 2.81. The zero-order chi connectivity index (χ0) is 15.1. The third-order valence-corrected chi connectivity index (χ3v) is 4.26. The van der Waals surface area contributed by atoms with E-state index in [1.807, 2.05) is 31.2 Å². The number of benzene rings is 1. The second-order valence-corrected chi connectivity index (χ2v) is 5.91. The molecule has 1 aromatic carbocycles. The van der Waals surface area contributed by atoms with Crippen LogP contribution >= 0.6 is 0 Å². The molecule has 2 rings (SSSR count). The Bertz CT molecular complexity index is 436. The molecule has 1 heterocycles. The second-order valence-electron chi connectivity index (χ2n) is 5.91. The fraction of sp³-hybridized carbons (Fsp3) is 0.588. The molecular formula is C17H27N3O. The minimum atomic E-state index is -0.0190. The summed E-state index contributed by atoms with van der Waals surface area (Å²) in [6, 6.07) is 7.81. The van der Waals surface area contributed by atoms with Crippen molar-refractivity contribution in [1.29, 1.82) is 0 Å². The topological polar surface area (TPSA) is 58.4 Å². The first-order valence-corrected chi connectivity index (χ1v) is 8.03. The van der Waals surface area contributed by atoms with Crippen LogP contribution < -0.4 is 11.1 Å². The normalized spacial score (nSPS) is 18.0. The second kappa shape index (κ2) is 8.03. The number of carbonyl (C=O) groups excluding carboxylic acids is 1. The van der Waals surface area contributed by atoms with Gasteiger partial charge in [-0.3, -0.25) is 9.69 Å². The summed E-state index contributed by atoms with van der Waals surface area (Å²) in [5.74, 6) is 0.146. The van der Waals surface area contributed by atoms with Crippen LogP contribution in [0, 0.1) is 0 Å². The summed E-state index contributed by atoms with van der Waals surface area (Å²) in [6.45, 7) is 4.80. The first kappa shape index (κ1) is 15.8. The number of carbonyl (C=O) groups is 1. The maximum atomic E-state index is 12.2. The predicted octanol–water partition coefficient (Wildman–Crippen LogP) is 2.19. The summed E-state index contributed by atoms with van der Waals surface area (Å²) >= 11 is 0. The number of nitrogens with two attached hydrogens (primary N) is 1. The van der Waals surface area contributed by atoms with Gasteiger partial charge in [0.05, 0.1) is 6.04 Å². The van der Waals surface area contributed by atoms with Gasteiger partial charge < -0.3 is 11.1 Å². The summed E-state index contributed by atoms with van der Waals surface area (Å²) in [5.41, 5.74) is 7.64. The fourth-order valence-electron chi connectivity index (χ4n) is 2.81. The van der Waals surface area contributed by atoms with Crippen molar-refractivity contribution in [2.75, 3.05) is 25.4 Å². The Balaban J connectivity index is 1.74. The highest BCUT2D eigenvalue weighted by Gasteiger charge is 2.21. The lowest BCUT2D eigenvalue weighted by molar-refractivity contribution is -0.125. The Hall–Kier alpha value is -1.55. The third-order valence-electron chi connectivity index (χ3n) is 4.26. The van der Waals surface area contributed by atoms with Gasteiger partial charge in [0.1, 0.15) is 0 Å². The molecule has 1 saturated heterocycles. The number of likely N-dealkylation sites (tertiary alicyclic amines) is 1. The maximum Gasteiger partial charge on any atom is 0.237 e. The number of anilines is 1. The van der Waals surface area contributed by atoms with Crippen molar-refractivity contribution >= 4 is 11.6 Å². The number of nitrogen functional groups attached to an aromatic ring is 1. The predicted molar refractivity (Wildman–Crippen MR) is 87.1 cm³/mol. The minimum Gasteiger partial charge on any atom is -0.399 e. The number of hydrogen-bond donors (Lipinski definition) is 2. The van der Waals surface area contributed by atoms with E-state index in [2.05, 4.69) is 10.2 Å². The van der Waals surface area contributed by atoms with Gasteiger partial charge in [-0.2, -0.15) is 0 Å².